The van der Waals surface area contributed by atoms with E-state index in [2.05, 4.69) is 43.3 Å². The summed E-state index contributed by atoms with van der Waals surface area (Å²) in [6, 6.07) is 20.6. The summed E-state index contributed by atoms with van der Waals surface area (Å²) in [7, 11) is 0. The van der Waals surface area contributed by atoms with Gasteiger partial charge in [0.1, 0.15) is 5.60 Å². The van der Waals surface area contributed by atoms with E-state index in [0.717, 1.165) is 17.5 Å². The number of aliphatic hydroxyl groups excluding tert-OH is 1. The van der Waals surface area contributed by atoms with E-state index in [9.17, 15) is 5.11 Å². The minimum atomic E-state index is -0.700. The Bertz CT molecular complexity index is 896. The average Bonchev–Trinajstić information content (AvgIpc) is 2.92. The zero-order valence-electron chi connectivity index (χ0n) is 18.3. The van der Waals surface area contributed by atoms with Crippen LogP contribution in [0.15, 0.2) is 72.8 Å². The standard InChI is InChI=1S/C27H32O4/c1-18-24(29-16-20-10-5-3-6-11-20)23-22-14-9-15-27(23,19(2)28)31-26(22)25(18)30-17-21-12-7-4-8-13-21/h3-13,15,18-19,22-26,28H,14,16-17H2,1-2H3/t18-,19-,22-,23+,24-,25-,26-,27-/m1/s1. The summed E-state index contributed by atoms with van der Waals surface area (Å²) in [5, 5.41) is 10.8. The summed E-state index contributed by atoms with van der Waals surface area (Å²) in [6.45, 7) is 5.16. The van der Waals surface area contributed by atoms with Crippen molar-refractivity contribution >= 4 is 0 Å². The van der Waals surface area contributed by atoms with Crippen LogP contribution in [0.25, 0.3) is 0 Å². The van der Waals surface area contributed by atoms with Crippen LogP contribution < -0.4 is 0 Å². The van der Waals surface area contributed by atoms with E-state index in [1.807, 2.05) is 43.3 Å². The van der Waals surface area contributed by atoms with Crippen molar-refractivity contribution < 1.29 is 19.3 Å². The lowest BCUT2D eigenvalue weighted by atomic mass is 9.61. The molecule has 1 N–H and O–H groups in total. The van der Waals surface area contributed by atoms with Crippen LogP contribution in [-0.4, -0.2) is 35.1 Å². The minimum Gasteiger partial charge on any atom is -0.390 e. The van der Waals surface area contributed by atoms with Crippen LogP contribution in [0.2, 0.25) is 0 Å². The highest BCUT2D eigenvalue weighted by molar-refractivity contribution is 5.25. The summed E-state index contributed by atoms with van der Waals surface area (Å²) < 4.78 is 19.8. The zero-order chi connectivity index (χ0) is 21.4. The van der Waals surface area contributed by atoms with E-state index in [1.165, 1.54) is 0 Å². The third-order valence-electron chi connectivity index (χ3n) is 7.47. The van der Waals surface area contributed by atoms with Crippen molar-refractivity contribution in [1.82, 2.24) is 0 Å². The van der Waals surface area contributed by atoms with E-state index in [1.54, 1.807) is 0 Å². The Labute approximate surface area is 184 Å². The molecule has 0 amide bonds. The van der Waals surface area contributed by atoms with Crippen LogP contribution >= 0.6 is 0 Å². The third kappa shape index (κ3) is 3.66. The van der Waals surface area contributed by atoms with E-state index in [0.29, 0.717) is 13.2 Å². The maximum atomic E-state index is 10.8. The van der Waals surface area contributed by atoms with Crippen molar-refractivity contribution in [1.29, 1.82) is 0 Å². The van der Waals surface area contributed by atoms with Gasteiger partial charge in [0, 0.05) is 11.8 Å². The molecular weight excluding hydrogens is 388 g/mol. The lowest BCUT2D eigenvalue weighted by molar-refractivity contribution is -0.150. The van der Waals surface area contributed by atoms with Crippen molar-refractivity contribution in [2.24, 2.45) is 17.8 Å². The quantitative estimate of drug-likeness (QED) is 0.669. The van der Waals surface area contributed by atoms with Gasteiger partial charge in [0.05, 0.1) is 37.6 Å². The molecule has 0 spiro atoms. The summed E-state index contributed by atoms with van der Waals surface area (Å²) in [4.78, 5) is 0. The molecule has 2 aromatic rings. The first-order chi connectivity index (χ1) is 15.1. The van der Waals surface area contributed by atoms with Crippen LogP contribution in [0.4, 0.5) is 0 Å². The van der Waals surface area contributed by atoms with Gasteiger partial charge in [-0.3, -0.25) is 0 Å². The fourth-order valence-corrected chi connectivity index (χ4v) is 5.96. The molecule has 4 heteroatoms. The number of hydrogen-bond donors (Lipinski definition) is 1. The van der Waals surface area contributed by atoms with Gasteiger partial charge in [-0.1, -0.05) is 79.7 Å². The number of rotatable bonds is 7. The molecule has 3 aliphatic rings. The Kier molecular flexibility index (Phi) is 5.74. The van der Waals surface area contributed by atoms with Crippen LogP contribution in [0, 0.1) is 17.8 Å². The highest BCUT2D eigenvalue weighted by Gasteiger charge is 2.66. The monoisotopic (exact) mass is 420 g/mol. The molecule has 1 aliphatic heterocycles. The van der Waals surface area contributed by atoms with Gasteiger partial charge in [-0.25, -0.2) is 0 Å². The first kappa shape index (κ1) is 20.9. The van der Waals surface area contributed by atoms with E-state index in [4.69, 9.17) is 14.2 Å². The van der Waals surface area contributed by atoms with Gasteiger partial charge in [-0.15, -0.1) is 0 Å². The molecule has 31 heavy (non-hydrogen) atoms. The van der Waals surface area contributed by atoms with E-state index < -0.39 is 11.7 Å². The molecule has 2 fully saturated rings. The molecule has 8 atom stereocenters. The maximum absolute atomic E-state index is 10.8. The SMILES string of the molecule is C[C@H]1[C@@H](OCc2ccccc2)[C@@H]2O[C@@]3([C@@H](C)O)C=CC[C@@H]2[C@H]3[C@@H]1OCc1ccccc1. The lowest BCUT2D eigenvalue weighted by Gasteiger charge is -2.47. The predicted molar refractivity (Wildman–Crippen MR) is 119 cm³/mol. The zero-order valence-corrected chi connectivity index (χ0v) is 18.3. The molecule has 4 bridgehead atoms. The smallest absolute Gasteiger partial charge is 0.118 e. The second kappa shape index (κ2) is 8.51. The molecule has 4 nitrogen and oxygen atoms in total. The summed E-state index contributed by atoms with van der Waals surface area (Å²) >= 11 is 0. The van der Waals surface area contributed by atoms with Crippen LogP contribution in [0.3, 0.4) is 0 Å². The van der Waals surface area contributed by atoms with Crippen molar-refractivity contribution in [2.75, 3.05) is 0 Å². The van der Waals surface area contributed by atoms with Gasteiger partial charge < -0.3 is 19.3 Å². The van der Waals surface area contributed by atoms with Gasteiger partial charge >= 0.3 is 0 Å². The Morgan fingerprint density at radius 3 is 2.13 bits per heavy atom. The first-order valence-corrected chi connectivity index (χ1v) is 11.4. The molecule has 0 radical (unpaired) electrons. The Balaban J connectivity index is 1.43. The largest absolute Gasteiger partial charge is 0.390 e. The normalized spacial score (nSPS) is 37.0. The molecule has 1 heterocycles. The van der Waals surface area contributed by atoms with E-state index >= 15 is 0 Å². The molecule has 2 aliphatic carbocycles. The molecule has 0 aromatic heterocycles. The summed E-state index contributed by atoms with van der Waals surface area (Å²) in [6.07, 6.45) is 4.42. The fourth-order valence-electron chi connectivity index (χ4n) is 5.96. The van der Waals surface area contributed by atoms with Gasteiger partial charge in [-0.2, -0.15) is 0 Å². The van der Waals surface area contributed by atoms with Gasteiger partial charge in [0.15, 0.2) is 0 Å². The van der Waals surface area contributed by atoms with E-state index in [-0.39, 0.29) is 36.1 Å². The molecule has 0 unspecified atom stereocenters. The van der Waals surface area contributed by atoms with Gasteiger partial charge in [0.2, 0.25) is 0 Å². The maximum Gasteiger partial charge on any atom is 0.118 e. The highest BCUT2D eigenvalue weighted by Crippen LogP contribution is 2.57. The predicted octanol–water partition coefficient (Wildman–Crippen LogP) is 4.52. The van der Waals surface area contributed by atoms with Crippen LogP contribution in [-0.2, 0) is 27.4 Å². The lowest BCUT2D eigenvalue weighted by Crippen LogP contribution is -2.56. The summed E-state index contributed by atoms with van der Waals surface area (Å²) in [5.74, 6) is 0.570. The topological polar surface area (TPSA) is 47.9 Å². The Hall–Kier alpha value is -1.98. The molecule has 1 saturated heterocycles. The second-order valence-corrected chi connectivity index (χ2v) is 9.32. The molecule has 5 rings (SSSR count). The molecule has 2 aromatic carbocycles. The number of hydrogen-bond acceptors (Lipinski definition) is 4. The third-order valence-corrected chi connectivity index (χ3v) is 7.47. The molecule has 1 saturated carbocycles. The van der Waals surface area contributed by atoms with Crippen molar-refractivity contribution in [3.63, 3.8) is 0 Å². The van der Waals surface area contributed by atoms with Crippen LogP contribution in [0.1, 0.15) is 31.4 Å². The molecule has 164 valence electrons. The minimum absolute atomic E-state index is 0.0371. The molecular formula is C27H32O4. The van der Waals surface area contributed by atoms with Crippen molar-refractivity contribution in [3.05, 3.63) is 83.9 Å². The second-order valence-electron chi connectivity index (χ2n) is 9.32. The van der Waals surface area contributed by atoms with Crippen molar-refractivity contribution in [3.8, 4) is 0 Å². The van der Waals surface area contributed by atoms with Crippen molar-refractivity contribution in [2.45, 2.75) is 63.5 Å². The van der Waals surface area contributed by atoms with Gasteiger partial charge in [-0.05, 0) is 30.4 Å². The van der Waals surface area contributed by atoms with Crippen LogP contribution in [0.5, 0.6) is 0 Å². The number of ether oxygens (including phenoxy) is 3. The summed E-state index contributed by atoms with van der Waals surface area (Å²) in [5.41, 5.74) is 1.61. The highest BCUT2D eigenvalue weighted by atomic mass is 16.6. The number of aliphatic hydroxyl groups is 1. The number of benzene rings is 2. The fraction of sp³-hybridized carbons (Fsp3) is 0.481. The average molecular weight is 421 g/mol. The number of allylic oxidation sites excluding steroid dienone is 1. The Morgan fingerprint density at radius 2 is 1.55 bits per heavy atom. The first-order valence-electron chi connectivity index (χ1n) is 11.4. The Morgan fingerprint density at radius 1 is 0.968 bits per heavy atom. The van der Waals surface area contributed by atoms with Gasteiger partial charge in [0.25, 0.3) is 0 Å².